The molecule has 1 aliphatic rings. The monoisotopic (exact) mass is 281 g/mol. The number of imidazole rings is 1. The van der Waals surface area contributed by atoms with Gasteiger partial charge in [0.1, 0.15) is 12.4 Å². The highest BCUT2D eigenvalue weighted by Gasteiger charge is 2.17. The average molecular weight is 282 g/mol. The van der Waals surface area contributed by atoms with Crippen molar-refractivity contribution in [1.82, 2.24) is 24.5 Å². The van der Waals surface area contributed by atoms with E-state index >= 15 is 0 Å². The quantitative estimate of drug-likeness (QED) is 0.843. The Hall–Kier alpha value is -1.73. The van der Waals surface area contributed by atoms with Crippen molar-refractivity contribution in [3.63, 3.8) is 0 Å². The fraction of sp³-hybridized carbons (Fsp3) is 0.455. The van der Waals surface area contributed by atoms with Gasteiger partial charge in [-0.1, -0.05) is 0 Å². The van der Waals surface area contributed by atoms with Crippen molar-refractivity contribution in [2.45, 2.75) is 18.9 Å². The summed E-state index contributed by atoms with van der Waals surface area (Å²) in [6.45, 7) is 1.38. The lowest BCUT2D eigenvalue weighted by Crippen LogP contribution is -2.26. The largest absolute Gasteiger partial charge is 0.460 e. The minimum atomic E-state index is 0.0582. The van der Waals surface area contributed by atoms with E-state index in [4.69, 9.17) is 21.1 Å². The second-order valence-corrected chi connectivity index (χ2v) is 4.42. The Morgan fingerprint density at radius 2 is 2.11 bits per heavy atom. The van der Waals surface area contributed by atoms with Gasteiger partial charge in [0.2, 0.25) is 11.2 Å². The number of halogens is 1. The minimum absolute atomic E-state index is 0.0582. The van der Waals surface area contributed by atoms with Crippen molar-refractivity contribution in [1.29, 1.82) is 0 Å². The SMILES string of the molecule is Clc1nc(OC2CCOCC2)nc(-n2ccnc2)n1. The van der Waals surface area contributed by atoms with Crippen molar-refractivity contribution in [3.05, 3.63) is 24.0 Å². The molecular formula is C11H12ClN5O2. The molecule has 0 atom stereocenters. The molecule has 7 nitrogen and oxygen atoms in total. The number of hydrogen-bond donors (Lipinski definition) is 0. The van der Waals surface area contributed by atoms with Crippen LogP contribution < -0.4 is 4.74 Å². The molecule has 2 aromatic heterocycles. The van der Waals surface area contributed by atoms with Crippen LogP contribution in [0.5, 0.6) is 6.01 Å². The Balaban J connectivity index is 1.81. The van der Waals surface area contributed by atoms with Gasteiger partial charge in [-0.25, -0.2) is 4.98 Å². The Morgan fingerprint density at radius 3 is 2.84 bits per heavy atom. The van der Waals surface area contributed by atoms with Gasteiger partial charge in [0.15, 0.2) is 0 Å². The van der Waals surface area contributed by atoms with E-state index in [1.54, 1.807) is 23.3 Å². The first-order chi connectivity index (χ1) is 9.31. The van der Waals surface area contributed by atoms with E-state index in [1.165, 1.54) is 0 Å². The van der Waals surface area contributed by atoms with Crippen LogP contribution in [-0.2, 0) is 4.74 Å². The molecule has 0 N–H and O–H groups in total. The van der Waals surface area contributed by atoms with E-state index in [0.29, 0.717) is 19.2 Å². The number of rotatable bonds is 3. The van der Waals surface area contributed by atoms with Crippen molar-refractivity contribution in [2.24, 2.45) is 0 Å². The second kappa shape index (κ2) is 5.50. The maximum absolute atomic E-state index is 5.88. The lowest BCUT2D eigenvalue weighted by atomic mass is 10.2. The first-order valence-corrected chi connectivity index (χ1v) is 6.33. The van der Waals surface area contributed by atoms with E-state index in [1.807, 2.05) is 0 Å². The number of aromatic nitrogens is 5. The maximum atomic E-state index is 5.88. The lowest BCUT2D eigenvalue weighted by Gasteiger charge is -2.22. The third-order valence-electron chi connectivity index (χ3n) is 2.75. The van der Waals surface area contributed by atoms with Gasteiger partial charge in [-0.05, 0) is 11.6 Å². The molecular weight excluding hydrogens is 270 g/mol. The summed E-state index contributed by atoms with van der Waals surface area (Å²) >= 11 is 5.88. The molecule has 0 saturated carbocycles. The summed E-state index contributed by atoms with van der Waals surface area (Å²) in [5, 5.41) is 0.0979. The van der Waals surface area contributed by atoms with Crippen LogP contribution in [0.4, 0.5) is 0 Å². The zero-order valence-electron chi connectivity index (χ0n) is 10.1. The van der Waals surface area contributed by atoms with Crippen LogP contribution >= 0.6 is 11.6 Å². The smallest absolute Gasteiger partial charge is 0.322 e. The Bertz CT molecular complexity index is 542. The molecule has 0 spiro atoms. The Labute approximate surface area is 114 Å². The molecule has 0 unspecified atom stereocenters. The summed E-state index contributed by atoms with van der Waals surface area (Å²) in [5.74, 6) is 0.388. The lowest BCUT2D eigenvalue weighted by molar-refractivity contribution is 0.0216. The van der Waals surface area contributed by atoms with Crippen molar-refractivity contribution >= 4 is 11.6 Å². The first kappa shape index (κ1) is 12.3. The minimum Gasteiger partial charge on any atom is -0.460 e. The molecule has 100 valence electrons. The summed E-state index contributed by atoms with van der Waals surface area (Å²) in [7, 11) is 0. The number of nitrogens with zero attached hydrogens (tertiary/aromatic N) is 5. The predicted molar refractivity (Wildman–Crippen MR) is 66.4 cm³/mol. The third-order valence-corrected chi connectivity index (χ3v) is 2.92. The fourth-order valence-electron chi connectivity index (χ4n) is 1.81. The van der Waals surface area contributed by atoms with Crippen molar-refractivity contribution in [3.8, 4) is 12.0 Å². The molecule has 0 aromatic carbocycles. The molecule has 0 bridgehead atoms. The molecule has 3 heterocycles. The van der Waals surface area contributed by atoms with Gasteiger partial charge in [-0.15, -0.1) is 0 Å². The Kier molecular flexibility index (Phi) is 3.56. The van der Waals surface area contributed by atoms with E-state index in [-0.39, 0.29) is 17.4 Å². The van der Waals surface area contributed by atoms with Crippen LogP contribution in [0.3, 0.4) is 0 Å². The van der Waals surface area contributed by atoms with Crippen LogP contribution in [-0.4, -0.2) is 43.8 Å². The number of ether oxygens (including phenoxy) is 2. The van der Waals surface area contributed by atoms with E-state index < -0.39 is 0 Å². The molecule has 1 saturated heterocycles. The van der Waals surface area contributed by atoms with Gasteiger partial charge >= 0.3 is 6.01 Å². The van der Waals surface area contributed by atoms with Gasteiger partial charge < -0.3 is 9.47 Å². The third kappa shape index (κ3) is 2.99. The van der Waals surface area contributed by atoms with Crippen LogP contribution in [0.1, 0.15) is 12.8 Å². The highest BCUT2D eigenvalue weighted by Crippen LogP contribution is 2.16. The van der Waals surface area contributed by atoms with Crippen LogP contribution in [0.25, 0.3) is 5.95 Å². The molecule has 2 aromatic rings. The van der Waals surface area contributed by atoms with Gasteiger partial charge in [0.25, 0.3) is 0 Å². The predicted octanol–water partition coefficient (Wildman–Crippen LogP) is 1.27. The zero-order valence-corrected chi connectivity index (χ0v) is 10.8. The maximum Gasteiger partial charge on any atom is 0.322 e. The second-order valence-electron chi connectivity index (χ2n) is 4.09. The normalized spacial score (nSPS) is 16.5. The van der Waals surface area contributed by atoms with E-state index in [0.717, 1.165) is 12.8 Å². The van der Waals surface area contributed by atoms with E-state index in [9.17, 15) is 0 Å². The fourth-order valence-corrected chi connectivity index (χ4v) is 1.96. The average Bonchev–Trinajstić information content (AvgIpc) is 2.93. The zero-order chi connectivity index (χ0) is 13.1. The highest BCUT2D eigenvalue weighted by atomic mass is 35.5. The van der Waals surface area contributed by atoms with Crippen LogP contribution in [0.2, 0.25) is 5.28 Å². The Morgan fingerprint density at radius 1 is 1.26 bits per heavy atom. The molecule has 0 aliphatic carbocycles. The van der Waals surface area contributed by atoms with Gasteiger partial charge in [0.05, 0.1) is 13.2 Å². The van der Waals surface area contributed by atoms with Crippen LogP contribution in [0, 0.1) is 0 Å². The highest BCUT2D eigenvalue weighted by molar-refractivity contribution is 6.28. The molecule has 1 aliphatic heterocycles. The molecule has 1 fully saturated rings. The molecule has 19 heavy (non-hydrogen) atoms. The summed E-state index contributed by atoms with van der Waals surface area (Å²) in [5.41, 5.74) is 0. The molecule has 8 heteroatoms. The van der Waals surface area contributed by atoms with Crippen molar-refractivity contribution in [2.75, 3.05) is 13.2 Å². The summed E-state index contributed by atoms with van der Waals surface area (Å²) < 4.78 is 12.6. The summed E-state index contributed by atoms with van der Waals surface area (Å²) in [6.07, 6.45) is 6.65. The van der Waals surface area contributed by atoms with Crippen LogP contribution in [0.15, 0.2) is 18.7 Å². The van der Waals surface area contributed by atoms with Gasteiger partial charge in [-0.3, -0.25) is 4.57 Å². The molecule has 0 amide bonds. The summed E-state index contributed by atoms with van der Waals surface area (Å²) in [4.78, 5) is 16.2. The molecule has 0 radical (unpaired) electrons. The standard InChI is InChI=1S/C11H12ClN5O2/c12-9-14-10(17-4-3-13-7-17)16-11(15-9)19-8-1-5-18-6-2-8/h3-4,7-8H,1-2,5-6H2. The topological polar surface area (TPSA) is 75.0 Å². The van der Waals surface area contributed by atoms with Gasteiger partial charge in [-0.2, -0.15) is 15.0 Å². The first-order valence-electron chi connectivity index (χ1n) is 5.95. The molecule has 3 rings (SSSR count). The number of hydrogen-bond acceptors (Lipinski definition) is 6. The van der Waals surface area contributed by atoms with Gasteiger partial charge in [0, 0.05) is 25.2 Å². The van der Waals surface area contributed by atoms with E-state index in [2.05, 4.69) is 19.9 Å². The summed E-state index contributed by atoms with van der Waals surface area (Å²) in [6, 6.07) is 0.232. The van der Waals surface area contributed by atoms with Crippen molar-refractivity contribution < 1.29 is 9.47 Å².